The molecular formula is C14H13N3O3S. The Labute approximate surface area is 125 Å². The van der Waals surface area contributed by atoms with E-state index in [0.29, 0.717) is 16.6 Å². The molecule has 0 radical (unpaired) electrons. The van der Waals surface area contributed by atoms with Gasteiger partial charge in [-0.15, -0.1) is 11.3 Å². The number of thiazole rings is 1. The van der Waals surface area contributed by atoms with Gasteiger partial charge in [0, 0.05) is 5.38 Å². The van der Waals surface area contributed by atoms with E-state index in [1.54, 1.807) is 18.2 Å². The number of amides is 2. The van der Waals surface area contributed by atoms with E-state index in [-0.39, 0.29) is 25.0 Å². The Morgan fingerprint density at radius 1 is 1.48 bits per heavy atom. The number of rotatable bonds is 3. The number of anilines is 2. The largest absolute Gasteiger partial charge is 0.482 e. The molecule has 6 nitrogen and oxygen atoms in total. The normalized spacial score (nSPS) is 13.6. The van der Waals surface area contributed by atoms with Crippen molar-refractivity contribution in [3.05, 3.63) is 35.3 Å². The highest BCUT2D eigenvalue weighted by Crippen LogP contribution is 2.31. The van der Waals surface area contributed by atoms with E-state index >= 15 is 0 Å². The van der Waals surface area contributed by atoms with Crippen molar-refractivity contribution in [1.29, 1.82) is 0 Å². The van der Waals surface area contributed by atoms with Gasteiger partial charge in [0.25, 0.3) is 5.91 Å². The SMILES string of the molecule is Cc1csc(NC(=O)CN2C(=O)COc3ccccc32)n1. The zero-order chi connectivity index (χ0) is 14.8. The number of hydrogen-bond acceptors (Lipinski definition) is 5. The summed E-state index contributed by atoms with van der Waals surface area (Å²) >= 11 is 1.36. The van der Waals surface area contributed by atoms with Crippen LogP contribution in [0.3, 0.4) is 0 Å². The van der Waals surface area contributed by atoms with Crippen LogP contribution in [0, 0.1) is 6.92 Å². The first-order chi connectivity index (χ1) is 10.1. The van der Waals surface area contributed by atoms with Gasteiger partial charge in [-0.3, -0.25) is 14.5 Å². The molecule has 1 aliphatic heterocycles. The fraction of sp³-hybridized carbons (Fsp3) is 0.214. The number of carbonyl (C=O) groups is 2. The monoisotopic (exact) mass is 303 g/mol. The lowest BCUT2D eigenvalue weighted by atomic mass is 10.2. The average Bonchev–Trinajstić information content (AvgIpc) is 2.87. The van der Waals surface area contributed by atoms with Gasteiger partial charge in [-0.25, -0.2) is 4.98 Å². The third kappa shape index (κ3) is 2.87. The Hall–Kier alpha value is -2.41. The van der Waals surface area contributed by atoms with E-state index < -0.39 is 0 Å². The van der Waals surface area contributed by atoms with Crippen LogP contribution in [-0.2, 0) is 9.59 Å². The zero-order valence-corrected chi connectivity index (χ0v) is 12.1. The van der Waals surface area contributed by atoms with Gasteiger partial charge in [-0.2, -0.15) is 0 Å². The first-order valence-electron chi connectivity index (χ1n) is 6.37. The molecule has 2 heterocycles. The average molecular weight is 303 g/mol. The lowest BCUT2D eigenvalue weighted by Gasteiger charge is -2.28. The lowest BCUT2D eigenvalue weighted by molar-refractivity contribution is -0.123. The molecule has 0 unspecified atom stereocenters. The molecule has 2 aromatic rings. The summed E-state index contributed by atoms with van der Waals surface area (Å²) in [4.78, 5) is 29.6. The fourth-order valence-electron chi connectivity index (χ4n) is 2.04. The van der Waals surface area contributed by atoms with Crippen molar-refractivity contribution in [2.24, 2.45) is 0 Å². The van der Waals surface area contributed by atoms with Crippen LogP contribution in [0.25, 0.3) is 0 Å². The van der Waals surface area contributed by atoms with Gasteiger partial charge in [-0.05, 0) is 19.1 Å². The van der Waals surface area contributed by atoms with Crippen LogP contribution in [-0.4, -0.2) is 29.9 Å². The van der Waals surface area contributed by atoms with Gasteiger partial charge in [0.2, 0.25) is 5.91 Å². The summed E-state index contributed by atoms with van der Waals surface area (Å²) in [6, 6.07) is 7.16. The maximum atomic E-state index is 12.1. The minimum atomic E-state index is -0.283. The second kappa shape index (κ2) is 5.53. The van der Waals surface area contributed by atoms with Crippen LogP contribution in [0.4, 0.5) is 10.8 Å². The molecule has 1 aromatic heterocycles. The van der Waals surface area contributed by atoms with Crippen LogP contribution in [0.2, 0.25) is 0 Å². The Morgan fingerprint density at radius 2 is 2.29 bits per heavy atom. The highest BCUT2D eigenvalue weighted by molar-refractivity contribution is 7.13. The Bertz CT molecular complexity index is 698. The van der Waals surface area contributed by atoms with Crippen molar-refractivity contribution in [2.45, 2.75) is 6.92 Å². The van der Waals surface area contributed by atoms with E-state index in [9.17, 15) is 9.59 Å². The van der Waals surface area contributed by atoms with Crippen molar-refractivity contribution in [2.75, 3.05) is 23.4 Å². The van der Waals surface area contributed by atoms with Crippen LogP contribution >= 0.6 is 11.3 Å². The summed E-state index contributed by atoms with van der Waals surface area (Å²) in [6.45, 7) is 1.74. The molecule has 0 spiro atoms. The quantitative estimate of drug-likeness (QED) is 0.939. The molecule has 0 fully saturated rings. The molecule has 21 heavy (non-hydrogen) atoms. The van der Waals surface area contributed by atoms with Crippen LogP contribution < -0.4 is 15.0 Å². The van der Waals surface area contributed by atoms with Crippen molar-refractivity contribution < 1.29 is 14.3 Å². The van der Waals surface area contributed by atoms with Crippen molar-refractivity contribution >= 4 is 34.0 Å². The summed E-state index contributed by atoms with van der Waals surface area (Å²) < 4.78 is 5.34. The first-order valence-corrected chi connectivity index (χ1v) is 7.25. The molecule has 0 atom stereocenters. The van der Waals surface area contributed by atoms with Gasteiger partial charge in [0.1, 0.15) is 12.3 Å². The molecule has 108 valence electrons. The summed E-state index contributed by atoms with van der Waals surface area (Å²) in [5.41, 5.74) is 1.46. The number of nitrogens with one attached hydrogen (secondary N) is 1. The maximum absolute atomic E-state index is 12.1. The fourth-order valence-corrected chi connectivity index (χ4v) is 2.75. The molecule has 1 aromatic carbocycles. The number of fused-ring (bicyclic) bond motifs is 1. The number of aromatic nitrogens is 1. The van der Waals surface area contributed by atoms with E-state index in [1.807, 2.05) is 18.4 Å². The predicted octanol–water partition coefficient (Wildman–Crippen LogP) is 1.82. The van der Waals surface area contributed by atoms with Gasteiger partial charge in [0.15, 0.2) is 11.7 Å². The third-order valence-corrected chi connectivity index (χ3v) is 3.85. The summed E-state index contributed by atoms with van der Waals surface area (Å²) in [5.74, 6) is 0.0866. The molecule has 2 amide bonds. The Balaban J connectivity index is 1.74. The smallest absolute Gasteiger partial charge is 0.265 e. The Morgan fingerprint density at radius 3 is 3.05 bits per heavy atom. The standard InChI is InChI=1S/C14H13N3O3S/c1-9-8-21-14(15-9)16-12(18)6-17-10-4-2-3-5-11(10)20-7-13(17)19/h2-5,8H,6-7H2,1H3,(H,15,16,18). The second-order valence-electron chi connectivity index (χ2n) is 4.58. The Kier molecular flexibility index (Phi) is 3.57. The highest BCUT2D eigenvalue weighted by atomic mass is 32.1. The number of nitrogens with zero attached hydrogens (tertiary/aromatic N) is 2. The van der Waals surface area contributed by atoms with E-state index in [0.717, 1.165) is 5.69 Å². The third-order valence-electron chi connectivity index (χ3n) is 2.98. The van der Waals surface area contributed by atoms with Gasteiger partial charge >= 0.3 is 0 Å². The highest BCUT2D eigenvalue weighted by Gasteiger charge is 2.27. The number of para-hydroxylation sites is 2. The van der Waals surface area contributed by atoms with Crippen molar-refractivity contribution in [1.82, 2.24) is 4.98 Å². The minimum absolute atomic E-state index is 0.0549. The molecule has 1 aliphatic rings. The topological polar surface area (TPSA) is 71.5 Å². The molecule has 7 heteroatoms. The lowest BCUT2D eigenvalue weighted by Crippen LogP contribution is -2.43. The number of aryl methyl sites for hydroxylation is 1. The second-order valence-corrected chi connectivity index (χ2v) is 5.44. The molecule has 0 bridgehead atoms. The first kappa shape index (κ1) is 13.6. The van der Waals surface area contributed by atoms with Crippen LogP contribution in [0.5, 0.6) is 5.75 Å². The van der Waals surface area contributed by atoms with E-state index in [2.05, 4.69) is 10.3 Å². The van der Waals surface area contributed by atoms with E-state index in [1.165, 1.54) is 16.2 Å². The predicted molar refractivity (Wildman–Crippen MR) is 79.8 cm³/mol. The van der Waals surface area contributed by atoms with Crippen LogP contribution in [0.1, 0.15) is 5.69 Å². The number of carbonyl (C=O) groups excluding carboxylic acids is 2. The van der Waals surface area contributed by atoms with Gasteiger partial charge < -0.3 is 10.1 Å². The van der Waals surface area contributed by atoms with Crippen molar-refractivity contribution in [3.8, 4) is 5.75 Å². The molecule has 1 N–H and O–H groups in total. The summed E-state index contributed by atoms with van der Waals surface area (Å²) in [6.07, 6.45) is 0. The van der Waals surface area contributed by atoms with Crippen LogP contribution in [0.15, 0.2) is 29.6 Å². The molecular weight excluding hydrogens is 290 g/mol. The van der Waals surface area contributed by atoms with E-state index in [4.69, 9.17) is 4.74 Å². The summed E-state index contributed by atoms with van der Waals surface area (Å²) in [5, 5.41) is 5.08. The minimum Gasteiger partial charge on any atom is -0.482 e. The number of benzene rings is 1. The summed E-state index contributed by atoms with van der Waals surface area (Å²) in [7, 11) is 0. The molecule has 3 rings (SSSR count). The molecule has 0 saturated heterocycles. The number of hydrogen-bond donors (Lipinski definition) is 1. The van der Waals surface area contributed by atoms with Gasteiger partial charge in [0.05, 0.1) is 11.4 Å². The molecule has 0 aliphatic carbocycles. The number of ether oxygens (including phenoxy) is 1. The zero-order valence-electron chi connectivity index (χ0n) is 11.3. The van der Waals surface area contributed by atoms with Crippen molar-refractivity contribution in [3.63, 3.8) is 0 Å². The van der Waals surface area contributed by atoms with Gasteiger partial charge in [-0.1, -0.05) is 12.1 Å². The molecule has 0 saturated carbocycles. The maximum Gasteiger partial charge on any atom is 0.265 e.